The van der Waals surface area contributed by atoms with Gasteiger partial charge in [-0.05, 0) is 57.4 Å². The predicted molar refractivity (Wildman–Crippen MR) is 131 cm³/mol. The summed E-state index contributed by atoms with van der Waals surface area (Å²) in [5.74, 6) is 1.19. The van der Waals surface area contributed by atoms with Crippen molar-refractivity contribution in [3.8, 4) is 11.1 Å². The molecule has 5 rings (SSSR count). The number of pyridine rings is 1. The van der Waals surface area contributed by atoms with Crippen molar-refractivity contribution >= 4 is 17.3 Å². The molecule has 34 heavy (non-hydrogen) atoms. The molecule has 1 saturated carbocycles. The van der Waals surface area contributed by atoms with E-state index in [9.17, 15) is 4.79 Å². The molecule has 174 valence electrons. The average molecular weight is 456 g/mol. The zero-order chi connectivity index (χ0) is 23.8. The summed E-state index contributed by atoms with van der Waals surface area (Å²) in [5.41, 5.74) is 3.07. The van der Waals surface area contributed by atoms with Crippen molar-refractivity contribution in [1.29, 1.82) is 0 Å². The summed E-state index contributed by atoms with van der Waals surface area (Å²) >= 11 is 0. The zero-order valence-electron chi connectivity index (χ0n) is 19.8. The van der Waals surface area contributed by atoms with Crippen LogP contribution in [0.3, 0.4) is 0 Å². The van der Waals surface area contributed by atoms with E-state index < -0.39 is 5.60 Å². The molecular formula is C27H29N5O2. The van der Waals surface area contributed by atoms with Gasteiger partial charge in [0.25, 0.3) is 0 Å². The zero-order valence-corrected chi connectivity index (χ0v) is 19.8. The number of anilines is 1. The minimum absolute atomic E-state index is 0.214. The summed E-state index contributed by atoms with van der Waals surface area (Å²) in [7, 11) is 0. The van der Waals surface area contributed by atoms with Crippen molar-refractivity contribution < 1.29 is 9.53 Å². The fraction of sp³-hybridized carbons (Fsp3) is 0.333. The molecule has 0 radical (unpaired) electrons. The number of carbonyl (C=O) groups is 1. The molecule has 4 aromatic rings. The van der Waals surface area contributed by atoms with E-state index in [2.05, 4.69) is 28.5 Å². The molecule has 0 amide bonds. The Morgan fingerprint density at radius 1 is 1.09 bits per heavy atom. The highest BCUT2D eigenvalue weighted by atomic mass is 16.6. The highest BCUT2D eigenvalue weighted by molar-refractivity contribution is 5.88. The van der Waals surface area contributed by atoms with Crippen molar-refractivity contribution in [2.24, 2.45) is 0 Å². The third-order valence-electron chi connectivity index (χ3n) is 5.99. The second kappa shape index (κ2) is 8.56. The standard InChI is InChI=1S/C27H29N5O2/c1-26(2,3)34-22(33)17-27(13-14-27)25-30-24(29-18-20-11-7-8-15-28-20)23-21(12-16-32(23)31-25)19-9-5-4-6-10-19/h4-12,15-16H,13-14,17-18H2,1-3H3,(H,29,30,31). The van der Waals surface area contributed by atoms with Gasteiger partial charge in [-0.3, -0.25) is 9.78 Å². The van der Waals surface area contributed by atoms with Crippen LogP contribution in [0, 0.1) is 0 Å². The smallest absolute Gasteiger partial charge is 0.307 e. The lowest BCUT2D eigenvalue weighted by molar-refractivity contribution is -0.155. The number of aromatic nitrogens is 4. The Bertz CT molecular complexity index is 1310. The van der Waals surface area contributed by atoms with E-state index in [1.165, 1.54) is 0 Å². The third kappa shape index (κ3) is 4.64. The number of esters is 1. The van der Waals surface area contributed by atoms with Crippen LogP contribution in [0.25, 0.3) is 16.6 Å². The van der Waals surface area contributed by atoms with Gasteiger partial charge in [-0.1, -0.05) is 36.4 Å². The lowest BCUT2D eigenvalue weighted by atomic mass is 10.0. The molecule has 0 spiro atoms. The molecule has 1 fully saturated rings. The number of carbonyl (C=O) groups excluding carboxylic acids is 1. The molecule has 0 unspecified atom stereocenters. The molecule has 7 heteroatoms. The van der Waals surface area contributed by atoms with Gasteiger partial charge in [-0.2, -0.15) is 5.10 Å². The predicted octanol–water partition coefficient (Wildman–Crippen LogP) is 5.17. The average Bonchev–Trinajstić information content (AvgIpc) is 3.46. The number of hydrogen-bond donors (Lipinski definition) is 1. The van der Waals surface area contributed by atoms with Gasteiger partial charge in [0.1, 0.15) is 11.1 Å². The van der Waals surface area contributed by atoms with Crippen LogP contribution in [-0.4, -0.2) is 31.2 Å². The van der Waals surface area contributed by atoms with Gasteiger partial charge < -0.3 is 10.1 Å². The van der Waals surface area contributed by atoms with Gasteiger partial charge in [-0.25, -0.2) is 9.50 Å². The fourth-order valence-electron chi connectivity index (χ4n) is 4.18. The van der Waals surface area contributed by atoms with Crippen molar-refractivity contribution in [2.75, 3.05) is 5.32 Å². The van der Waals surface area contributed by atoms with Crippen LogP contribution in [0.1, 0.15) is 51.6 Å². The summed E-state index contributed by atoms with van der Waals surface area (Å²) in [5, 5.41) is 8.34. The Morgan fingerprint density at radius 3 is 2.53 bits per heavy atom. The van der Waals surface area contributed by atoms with Gasteiger partial charge in [0.05, 0.1) is 18.7 Å². The molecule has 0 bridgehead atoms. The second-order valence-electron chi connectivity index (χ2n) is 9.89. The third-order valence-corrected chi connectivity index (χ3v) is 5.99. The fourth-order valence-corrected chi connectivity index (χ4v) is 4.18. The van der Waals surface area contributed by atoms with Crippen LogP contribution in [-0.2, 0) is 21.5 Å². The Labute approximate surface area is 199 Å². The molecule has 3 heterocycles. The first-order chi connectivity index (χ1) is 16.3. The minimum atomic E-state index is -0.515. The van der Waals surface area contributed by atoms with Crippen LogP contribution in [0.2, 0.25) is 0 Å². The number of rotatable bonds is 7. The Kier molecular flexibility index (Phi) is 5.55. The Balaban J connectivity index is 1.53. The first kappa shape index (κ1) is 22.1. The lowest BCUT2D eigenvalue weighted by Crippen LogP contribution is -2.27. The summed E-state index contributed by atoms with van der Waals surface area (Å²) in [6, 6.07) is 18.1. The molecule has 0 saturated heterocycles. The maximum absolute atomic E-state index is 12.6. The van der Waals surface area contributed by atoms with Crippen LogP contribution in [0.5, 0.6) is 0 Å². The summed E-state index contributed by atoms with van der Waals surface area (Å²) < 4.78 is 7.47. The number of nitrogens with zero attached hydrogens (tertiary/aromatic N) is 4. The minimum Gasteiger partial charge on any atom is -0.460 e. The highest BCUT2D eigenvalue weighted by Gasteiger charge is 2.50. The molecule has 1 aliphatic carbocycles. The molecule has 3 aromatic heterocycles. The first-order valence-corrected chi connectivity index (χ1v) is 11.6. The molecule has 0 atom stereocenters. The summed E-state index contributed by atoms with van der Waals surface area (Å²) in [4.78, 5) is 22.0. The lowest BCUT2D eigenvalue weighted by Gasteiger charge is -2.22. The van der Waals surface area contributed by atoms with Crippen LogP contribution >= 0.6 is 0 Å². The number of fused-ring (bicyclic) bond motifs is 1. The Morgan fingerprint density at radius 2 is 1.85 bits per heavy atom. The molecule has 7 nitrogen and oxygen atoms in total. The monoisotopic (exact) mass is 455 g/mol. The molecule has 0 aliphatic heterocycles. The van der Waals surface area contributed by atoms with E-state index in [-0.39, 0.29) is 17.8 Å². The van der Waals surface area contributed by atoms with Crippen molar-refractivity contribution in [3.05, 3.63) is 78.5 Å². The van der Waals surface area contributed by atoms with E-state index in [1.54, 1.807) is 6.20 Å². The first-order valence-electron chi connectivity index (χ1n) is 11.6. The van der Waals surface area contributed by atoms with E-state index in [0.717, 1.165) is 41.0 Å². The van der Waals surface area contributed by atoms with Gasteiger partial charge in [0.2, 0.25) is 0 Å². The van der Waals surface area contributed by atoms with Crippen LogP contribution in [0.4, 0.5) is 5.82 Å². The van der Waals surface area contributed by atoms with Crippen molar-refractivity contribution in [3.63, 3.8) is 0 Å². The van der Waals surface area contributed by atoms with Gasteiger partial charge in [0.15, 0.2) is 11.6 Å². The van der Waals surface area contributed by atoms with Gasteiger partial charge in [-0.15, -0.1) is 0 Å². The molecular weight excluding hydrogens is 426 g/mol. The maximum Gasteiger partial charge on any atom is 0.307 e. The SMILES string of the molecule is CC(C)(C)OC(=O)CC1(c2nc(NCc3ccccn3)c3c(-c4ccccc4)ccn3n2)CC1. The highest BCUT2D eigenvalue weighted by Crippen LogP contribution is 2.50. The Hall–Kier alpha value is -3.74. The molecule has 1 aliphatic rings. The number of hydrogen-bond acceptors (Lipinski definition) is 6. The number of benzene rings is 1. The summed E-state index contributed by atoms with van der Waals surface area (Å²) in [6.45, 7) is 6.19. The second-order valence-corrected chi connectivity index (χ2v) is 9.89. The van der Waals surface area contributed by atoms with E-state index in [0.29, 0.717) is 12.4 Å². The summed E-state index contributed by atoms with van der Waals surface area (Å²) in [6.07, 6.45) is 5.75. The van der Waals surface area contributed by atoms with Gasteiger partial charge in [0, 0.05) is 23.4 Å². The van der Waals surface area contributed by atoms with E-state index in [1.807, 2.05) is 67.9 Å². The quantitative estimate of drug-likeness (QED) is 0.387. The van der Waals surface area contributed by atoms with E-state index >= 15 is 0 Å². The molecule has 1 aromatic carbocycles. The van der Waals surface area contributed by atoms with E-state index in [4.69, 9.17) is 14.8 Å². The van der Waals surface area contributed by atoms with Crippen LogP contribution in [0.15, 0.2) is 67.0 Å². The normalized spacial score (nSPS) is 14.7. The van der Waals surface area contributed by atoms with Crippen molar-refractivity contribution in [1.82, 2.24) is 19.6 Å². The van der Waals surface area contributed by atoms with Crippen molar-refractivity contribution in [2.45, 2.75) is 57.6 Å². The largest absolute Gasteiger partial charge is 0.460 e. The van der Waals surface area contributed by atoms with Crippen LogP contribution < -0.4 is 5.32 Å². The number of nitrogens with one attached hydrogen (secondary N) is 1. The number of ether oxygens (including phenoxy) is 1. The molecule has 1 N–H and O–H groups in total. The topological polar surface area (TPSA) is 81.4 Å². The van der Waals surface area contributed by atoms with Gasteiger partial charge >= 0.3 is 5.97 Å². The maximum atomic E-state index is 12.6.